The average Bonchev–Trinajstić information content (AvgIpc) is 2.50. The monoisotopic (exact) mass is 343 g/mol. The minimum Gasteiger partial charge on any atom is -0.452 e. The molecule has 1 N–H and O–H groups in total. The molecule has 0 aromatic heterocycles. The van der Waals surface area contributed by atoms with Crippen LogP contribution in [0.1, 0.15) is 43.0 Å². The van der Waals surface area contributed by atoms with Crippen LogP contribution in [0.25, 0.3) is 0 Å². The maximum Gasteiger partial charge on any atom is 0.338 e. The highest BCUT2D eigenvalue weighted by Gasteiger charge is 2.23. The first kappa shape index (κ1) is 17.1. The predicted octanol–water partition coefficient (Wildman–Crippen LogP) is 3.85. The van der Waals surface area contributed by atoms with Gasteiger partial charge < -0.3 is 10.1 Å². The molecule has 1 aliphatic carbocycles. The van der Waals surface area contributed by atoms with Gasteiger partial charge in [-0.1, -0.05) is 43.0 Å². The van der Waals surface area contributed by atoms with Gasteiger partial charge in [0.2, 0.25) is 0 Å². The van der Waals surface area contributed by atoms with Crippen LogP contribution < -0.4 is 5.32 Å². The van der Waals surface area contributed by atoms with Gasteiger partial charge in [-0.05, 0) is 37.0 Å². The second kappa shape index (κ2) is 7.84. The van der Waals surface area contributed by atoms with E-state index >= 15 is 0 Å². The molecule has 0 saturated heterocycles. The Kier molecular flexibility index (Phi) is 6.09. The molecule has 0 unspecified atom stereocenters. The zero-order valence-corrected chi connectivity index (χ0v) is 13.9. The van der Waals surface area contributed by atoms with Crippen LogP contribution in [0.4, 0.5) is 0 Å². The van der Waals surface area contributed by atoms with E-state index in [0.717, 1.165) is 19.3 Å². The smallest absolute Gasteiger partial charge is 0.338 e. The molecule has 2 rings (SSSR count). The minimum absolute atomic E-state index is 0.171. The molecule has 0 bridgehead atoms. The van der Waals surface area contributed by atoms with Crippen molar-refractivity contribution >= 4 is 35.1 Å². The molecule has 0 heterocycles. The average molecular weight is 344 g/mol. The van der Waals surface area contributed by atoms with Crippen LogP contribution in [-0.2, 0) is 9.53 Å². The van der Waals surface area contributed by atoms with Gasteiger partial charge in [-0.15, -0.1) is 0 Å². The minimum atomic E-state index is -0.592. The van der Waals surface area contributed by atoms with Gasteiger partial charge in [0.1, 0.15) is 0 Å². The number of nitrogens with one attached hydrogen (secondary N) is 1. The number of carbonyl (C=O) groups is 2. The molecule has 6 heteroatoms. The van der Waals surface area contributed by atoms with Crippen LogP contribution in [-0.4, -0.2) is 24.5 Å². The highest BCUT2D eigenvalue weighted by molar-refractivity contribution is 6.42. The van der Waals surface area contributed by atoms with Gasteiger partial charge in [0, 0.05) is 6.04 Å². The second-order valence-electron chi connectivity index (χ2n) is 5.64. The molecule has 22 heavy (non-hydrogen) atoms. The SMILES string of the molecule is C[C@@H]1CCCC[C@@H]1NC(=O)COC(=O)c1ccc(Cl)c(Cl)c1. The molecule has 1 fully saturated rings. The predicted molar refractivity (Wildman–Crippen MR) is 86.3 cm³/mol. The van der Waals surface area contributed by atoms with E-state index in [-0.39, 0.29) is 29.1 Å². The van der Waals surface area contributed by atoms with E-state index in [2.05, 4.69) is 12.2 Å². The van der Waals surface area contributed by atoms with Crippen molar-refractivity contribution in [1.29, 1.82) is 0 Å². The molecule has 1 amide bonds. The molecular weight excluding hydrogens is 325 g/mol. The third kappa shape index (κ3) is 4.62. The summed E-state index contributed by atoms with van der Waals surface area (Å²) in [4.78, 5) is 23.7. The third-order valence-electron chi connectivity index (χ3n) is 3.95. The Morgan fingerprint density at radius 1 is 1.23 bits per heavy atom. The molecule has 1 aliphatic rings. The summed E-state index contributed by atoms with van der Waals surface area (Å²) < 4.78 is 5.01. The first-order valence-electron chi connectivity index (χ1n) is 7.39. The summed E-state index contributed by atoms with van der Waals surface area (Å²) in [6.07, 6.45) is 4.43. The van der Waals surface area contributed by atoms with Gasteiger partial charge in [-0.25, -0.2) is 4.79 Å². The van der Waals surface area contributed by atoms with Crippen molar-refractivity contribution in [2.75, 3.05) is 6.61 Å². The zero-order valence-electron chi connectivity index (χ0n) is 12.4. The number of esters is 1. The Balaban J connectivity index is 1.82. The van der Waals surface area contributed by atoms with E-state index in [0.29, 0.717) is 10.9 Å². The van der Waals surface area contributed by atoms with Crippen molar-refractivity contribution < 1.29 is 14.3 Å². The number of hydrogen-bond acceptors (Lipinski definition) is 3. The lowest BCUT2D eigenvalue weighted by molar-refractivity contribution is -0.125. The Morgan fingerprint density at radius 2 is 1.95 bits per heavy atom. The molecule has 1 aromatic carbocycles. The Bertz CT molecular complexity index is 562. The maximum atomic E-state index is 11.9. The first-order chi connectivity index (χ1) is 10.5. The molecule has 0 radical (unpaired) electrons. The highest BCUT2D eigenvalue weighted by atomic mass is 35.5. The van der Waals surface area contributed by atoms with Gasteiger partial charge in [0.25, 0.3) is 5.91 Å². The van der Waals surface area contributed by atoms with Gasteiger partial charge in [0.15, 0.2) is 6.61 Å². The Morgan fingerprint density at radius 3 is 2.64 bits per heavy atom. The van der Waals surface area contributed by atoms with E-state index in [9.17, 15) is 9.59 Å². The second-order valence-corrected chi connectivity index (χ2v) is 6.46. The Labute approximate surface area is 140 Å². The van der Waals surface area contributed by atoms with Crippen molar-refractivity contribution in [2.45, 2.75) is 38.6 Å². The summed E-state index contributed by atoms with van der Waals surface area (Å²) in [7, 11) is 0. The number of carbonyl (C=O) groups excluding carboxylic acids is 2. The van der Waals surface area contributed by atoms with Crippen LogP contribution >= 0.6 is 23.2 Å². The third-order valence-corrected chi connectivity index (χ3v) is 4.69. The zero-order chi connectivity index (χ0) is 16.1. The van der Waals surface area contributed by atoms with Crippen LogP contribution in [0.2, 0.25) is 10.0 Å². The van der Waals surface area contributed by atoms with E-state index < -0.39 is 5.97 Å². The first-order valence-corrected chi connectivity index (χ1v) is 8.14. The summed E-state index contributed by atoms with van der Waals surface area (Å²) in [6.45, 7) is 1.84. The molecule has 1 saturated carbocycles. The molecule has 4 nitrogen and oxygen atoms in total. The molecule has 0 spiro atoms. The standard InChI is InChI=1S/C16H19Cl2NO3/c1-10-4-2-3-5-14(10)19-15(20)9-22-16(21)11-6-7-12(17)13(18)8-11/h6-8,10,14H,2-5,9H2,1H3,(H,19,20)/t10-,14+/m1/s1. The Hall–Kier alpha value is -1.26. The molecule has 1 aromatic rings. The summed E-state index contributed by atoms with van der Waals surface area (Å²) >= 11 is 11.6. The lowest BCUT2D eigenvalue weighted by atomic mass is 9.86. The molecule has 2 atom stereocenters. The fourth-order valence-electron chi connectivity index (χ4n) is 2.62. The number of benzene rings is 1. The van der Waals surface area contributed by atoms with Crippen molar-refractivity contribution in [3.63, 3.8) is 0 Å². The number of halogens is 2. The summed E-state index contributed by atoms with van der Waals surface area (Å²) in [5.74, 6) is -0.402. The van der Waals surface area contributed by atoms with E-state index in [1.807, 2.05) is 0 Å². The largest absolute Gasteiger partial charge is 0.452 e. The van der Waals surface area contributed by atoms with Crippen molar-refractivity contribution in [1.82, 2.24) is 5.32 Å². The molecule has 120 valence electrons. The lowest BCUT2D eigenvalue weighted by Crippen LogP contribution is -2.42. The van der Waals surface area contributed by atoms with E-state index in [1.165, 1.54) is 24.6 Å². The number of amides is 1. The maximum absolute atomic E-state index is 11.9. The van der Waals surface area contributed by atoms with Crippen molar-refractivity contribution in [3.8, 4) is 0 Å². The normalized spacial score (nSPS) is 21.2. The topological polar surface area (TPSA) is 55.4 Å². The fraction of sp³-hybridized carbons (Fsp3) is 0.500. The number of ether oxygens (including phenoxy) is 1. The number of hydrogen-bond donors (Lipinski definition) is 1. The fourth-order valence-corrected chi connectivity index (χ4v) is 2.91. The highest BCUT2D eigenvalue weighted by Crippen LogP contribution is 2.24. The summed E-state index contributed by atoms with van der Waals surface area (Å²) in [6, 6.07) is 4.62. The van der Waals surface area contributed by atoms with Gasteiger partial charge in [0.05, 0.1) is 15.6 Å². The van der Waals surface area contributed by atoms with E-state index in [4.69, 9.17) is 27.9 Å². The van der Waals surface area contributed by atoms with Crippen LogP contribution in [0.15, 0.2) is 18.2 Å². The van der Waals surface area contributed by atoms with Crippen molar-refractivity contribution in [2.24, 2.45) is 5.92 Å². The van der Waals surface area contributed by atoms with Crippen LogP contribution in [0.3, 0.4) is 0 Å². The lowest BCUT2D eigenvalue weighted by Gasteiger charge is -2.29. The van der Waals surface area contributed by atoms with Gasteiger partial charge >= 0.3 is 5.97 Å². The van der Waals surface area contributed by atoms with Crippen LogP contribution in [0, 0.1) is 5.92 Å². The van der Waals surface area contributed by atoms with E-state index in [1.54, 1.807) is 0 Å². The van der Waals surface area contributed by atoms with Gasteiger partial charge in [-0.2, -0.15) is 0 Å². The number of rotatable bonds is 4. The van der Waals surface area contributed by atoms with Gasteiger partial charge in [-0.3, -0.25) is 4.79 Å². The summed E-state index contributed by atoms with van der Waals surface area (Å²) in [5.41, 5.74) is 0.272. The van der Waals surface area contributed by atoms with Crippen molar-refractivity contribution in [3.05, 3.63) is 33.8 Å². The molecular formula is C16H19Cl2NO3. The van der Waals surface area contributed by atoms with Crippen LogP contribution in [0.5, 0.6) is 0 Å². The summed E-state index contributed by atoms with van der Waals surface area (Å²) in [5, 5.41) is 3.57. The quantitative estimate of drug-likeness (QED) is 0.845. The molecule has 0 aliphatic heterocycles.